The third kappa shape index (κ3) is 5.54. The van der Waals surface area contributed by atoms with Crippen molar-refractivity contribution in [3.63, 3.8) is 0 Å². The summed E-state index contributed by atoms with van der Waals surface area (Å²) in [5.41, 5.74) is 4.01. The Morgan fingerprint density at radius 1 is 1.20 bits per heavy atom. The van der Waals surface area contributed by atoms with E-state index in [-0.39, 0.29) is 18.4 Å². The van der Waals surface area contributed by atoms with Crippen LogP contribution in [0.5, 0.6) is 0 Å². The predicted octanol–water partition coefficient (Wildman–Crippen LogP) is 4.55. The summed E-state index contributed by atoms with van der Waals surface area (Å²) in [6.07, 6.45) is 3.23. The molecule has 0 radical (unpaired) electrons. The number of benzene rings is 1. The molecule has 0 bridgehead atoms. The van der Waals surface area contributed by atoms with Crippen LogP contribution in [0.3, 0.4) is 0 Å². The minimum absolute atomic E-state index is 0.00403. The lowest BCUT2D eigenvalue weighted by molar-refractivity contribution is -0.129. The fourth-order valence-electron chi connectivity index (χ4n) is 2.55. The van der Waals surface area contributed by atoms with Gasteiger partial charge in [-0.05, 0) is 66.0 Å². The van der Waals surface area contributed by atoms with E-state index in [0.29, 0.717) is 0 Å². The number of rotatable bonds is 5. The Morgan fingerprint density at radius 2 is 1.84 bits per heavy atom. The smallest absolute Gasteiger partial charge is 0.246 e. The zero-order chi connectivity index (χ0) is 18.6. The van der Waals surface area contributed by atoms with Crippen LogP contribution in [-0.2, 0) is 9.59 Å². The quantitative estimate of drug-likeness (QED) is 0.721. The summed E-state index contributed by atoms with van der Waals surface area (Å²) in [5, 5.41) is 2.91. The fraction of sp³-hybridized carbons (Fsp3) is 0.263. The van der Waals surface area contributed by atoms with Gasteiger partial charge >= 0.3 is 0 Å². The van der Waals surface area contributed by atoms with Gasteiger partial charge in [0.25, 0.3) is 0 Å². The van der Waals surface area contributed by atoms with Crippen molar-refractivity contribution >= 4 is 50.8 Å². The van der Waals surface area contributed by atoms with E-state index in [1.165, 1.54) is 11.0 Å². The van der Waals surface area contributed by atoms with Crippen molar-refractivity contribution in [3.8, 4) is 0 Å². The maximum absolute atomic E-state index is 12.3. The summed E-state index contributed by atoms with van der Waals surface area (Å²) >= 11 is 4.93. The van der Waals surface area contributed by atoms with E-state index in [2.05, 4.69) is 21.2 Å². The van der Waals surface area contributed by atoms with Crippen molar-refractivity contribution in [1.29, 1.82) is 0 Å². The van der Waals surface area contributed by atoms with Crippen molar-refractivity contribution in [2.75, 3.05) is 18.9 Å². The maximum atomic E-state index is 12.3. The average molecular weight is 421 g/mol. The predicted molar refractivity (Wildman–Crippen MR) is 108 cm³/mol. The molecule has 2 rings (SSSR count). The first kappa shape index (κ1) is 19.4. The van der Waals surface area contributed by atoms with Crippen LogP contribution in [-0.4, -0.2) is 30.3 Å². The van der Waals surface area contributed by atoms with Gasteiger partial charge in [-0.15, -0.1) is 11.3 Å². The van der Waals surface area contributed by atoms with Crippen LogP contribution in [0.2, 0.25) is 0 Å². The first-order valence-electron chi connectivity index (χ1n) is 7.82. The molecular formula is C19H21BrN2O2S. The number of carbonyl (C=O) groups excluding carboxylic acids is 2. The molecule has 1 aromatic carbocycles. The number of amides is 2. The molecule has 0 fully saturated rings. The van der Waals surface area contributed by atoms with Crippen molar-refractivity contribution in [3.05, 3.63) is 55.7 Å². The topological polar surface area (TPSA) is 49.4 Å². The first-order valence-corrected chi connectivity index (χ1v) is 9.43. The molecule has 25 heavy (non-hydrogen) atoms. The van der Waals surface area contributed by atoms with E-state index in [4.69, 9.17) is 0 Å². The van der Waals surface area contributed by atoms with Crippen LogP contribution in [0.25, 0.3) is 6.08 Å². The van der Waals surface area contributed by atoms with E-state index >= 15 is 0 Å². The SMILES string of the molecule is Cc1cc(C)c(NC(=O)CN(C)C(=O)/C=C/c2ccc(Br)s2)c(C)c1. The molecule has 0 aliphatic heterocycles. The number of hydrogen-bond donors (Lipinski definition) is 1. The zero-order valence-electron chi connectivity index (χ0n) is 14.7. The normalized spacial score (nSPS) is 10.9. The van der Waals surface area contributed by atoms with Crippen LogP contribution in [0.4, 0.5) is 5.69 Å². The Morgan fingerprint density at radius 3 is 2.40 bits per heavy atom. The molecule has 0 saturated heterocycles. The van der Waals surface area contributed by atoms with E-state index in [1.54, 1.807) is 24.5 Å². The Hall–Kier alpha value is -1.92. The van der Waals surface area contributed by atoms with Gasteiger partial charge in [-0.1, -0.05) is 17.7 Å². The summed E-state index contributed by atoms with van der Waals surface area (Å²) in [6.45, 7) is 5.96. The molecule has 1 N–H and O–H groups in total. The van der Waals surface area contributed by atoms with E-state index < -0.39 is 0 Å². The molecule has 6 heteroatoms. The maximum Gasteiger partial charge on any atom is 0.246 e. The van der Waals surface area contributed by atoms with Crippen molar-refractivity contribution in [2.24, 2.45) is 0 Å². The number of hydrogen-bond acceptors (Lipinski definition) is 3. The van der Waals surface area contributed by atoms with Crippen LogP contribution in [0.15, 0.2) is 34.1 Å². The highest BCUT2D eigenvalue weighted by Gasteiger charge is 2.13. The highest BCUT2D eigenvalue weighted by molar-refractivity contribution is 9.11. The number of anilines is 1. The number of likely N-dealkylation sites (N-methyl/N-ethyl adjacent to an activating group) is 1. The molecule has 0 aliphatic rings. The second-order valence-corrected chi connectivity index (χ2v) is 8.49. The molecule has 2 aromatic rings. The number of nitrogens with one attached hydrogen (secondary N) is 1. The minimum atomic E-state index is -0.211. The van der Waals surface area contributed by atoms with Gasteiger partial charge in [-0.3, -0.25) is 9.59 Å². The van der Waals surface area contributed by atoms with E-state index in [1.807, 2.05) is 45.0 Å². The summed E-state index contributed by atoms with van der Waals surface area (Å²) < 4.78 is 1.01. The Balaban J connectivity index is 1.95. The number of halogens is 1. The third-order valence-corrected chi connectivity index (χ3v) is 5.27. The van der Waals surface area contributed by atoms with E-state index in [0.717, 1.165) is 31.0 Å². The Bertz CT molecular complexity index is 804. The first-order chi connectivity index (χ1) is 11.8. The van der Waals surface area contributed by atoms with Gasteiger partial charge < -0.3 is 10.2 Å². The van der Waals surface area contributed by atoms with Gasteiger partial charge in [-0.2, -0.15) is 0 Å². The average Bonchev–Trinajstić information content (AvgIpc) is 2.94. The van der Waals surface area contributed by atoms with Gasteiger partial charge in [0.05, 0.1) is 10.3 Å². The van der Waals surface area contributed by atoms with Crippen LogP contribution in [0.1, 0.15) is 21.6 Å². The van der Waals surface area contributed by atoms with Gasteiger partial charge in [-0.25, -0.2) is 0 Å². The highest BCUT2D eigenvalue weighted by atomic mass is 79.9. The lowest BCUT2D eigenvalue weighted by atomic mass is 10.1. The molecular weight excluding hydrogens is 400 g/mol. The van der Waals surface area contributed by atoms with Crippen LogP contribution < -0.4 is 5.32 Å². The number of carbonyl (C=O) groups is 2. The molecule has 2 amide bonds. The second-order valence-electron chi connectivity index (χ2n) is 5.99. The van der Waals surface area contributed by atoms with Crippen LogP contribution in [0, 0.1) is 20.8 Å². The molecule has 0 saturated carbocycles. The molecule has 0 atom stereocenters. The molecule has 1 heterocycles. The molecule has 132 valence electrons. The standard InChI is InChI=1S/C19H21BrN2O2S/c1-12-9-13(2)19(14(3)10-12)21-17(23)11-22(4)18(24)8-6-15-5-7-16(20)25-15/h5-10H,11H2,1-4H3,(H,21,23)/b8-6+. The molecule has 1 aromatic heterocycles. The van der Waals surface area contributed by atoms with E-state index in [9.17, 15) is 9.59 Å². The van der Waals surface area contributed by atoms with Gasteiger partial charge in [0, 0.05) is 23.7 Å². The Labute approximate surface area is 160 Å². The molecule has 0 unspecified atom stereocenters. The van der Waals surface area contributed by atoms with Gasteiger partial charge in [0.1, 0.15) is 0 Å². The van der Waals surface area contributed by atoms with Gasteiger partial charge in [0.2, 0.25) is 11.8 Å². The lowest BCUT2D eigenvalue weighted by Gasteiger charge is -2.17. The fourth-order valence-corrected chi connectivity index (χ4v) is 3.87. The molecule has 0 aliphatic carbocycles. The second kappa shape index (κ2) is 8.45. The van der Waals surface area contributed by atoms with Crippen molar-refractivity contribution in [1.82, 2.24) is 4.90 Å². The largest absolute Gasteiger partial charge is 0.333 e. The lowest BCUT2D eigenvalue weighted by Crippen LogP contribution is -2.34. The number of nitrogens with zero attached hydrogens (tertiary/aromatic N) is 1. The minimum Gasteiger partial charge on any atom is -0.333 e. The van der Waals surface area contributed by atoms with Crippen molar-refractivity contribution < 1.29 is 9.59 Å². The van der Waals surface area contributed by atoms with Crippen molar-refractivity contribution in [2.45, 2.75) is 20.8 Å². The number of thiophene rings is 1. The summed E-state index contributed by atoms with van der Waals surface area (Å²) in [6, 6.07) is 7.91. The molecule has 0 spiro atoms. The highest BCUT2D eigenvalue weighted by Crippen LogP contribution is 2.23. The molecule has 4 nitrogen and oxygen atoms in total. The van der Waals surface area contributed by atoms with Crippen LogP contribution >= 0.6 is 27.3 Å². The monoisotopic (exact) mass is 420 g/mol. The van der Waals surface area contributed by atoms with Gasteiger partial charge in [0.15, 0.2) is 0 Å². The number of aryl methyl sites for hydroxylation is 3. The summed E-state index contributed by atoms with van der Waals surface area (Å²) in [5.74, 6) is -0.421. The Kier molecular flexibility index (Phi) is 6.56. The third-order valence-electron chi connectivity index (χ3n) is 3.68. The summed E-state index contributed by atoms with van der Waals surface area (Å²) in [7, 11) is 1.62. The zero-order valence-corrected chi connectivity index (χ0v) is 17.1. The summed E-state index contributed by atoms with van der Waals surface area (Å²) in [4.78, 5) is 26.8.